The fourth-order valence-corrected chi connectivity index (χ4v) is 4.51. The third-order valence-electron chi connectivity index (χ3n) is 5.48. The largest absolute Gasteiger partial charge is 0.459 e. The van der Waals surface area contributed by atoms with Crippen LogP contribution in [0.25, 0.3) is 10.7 Å². The number of hydrogen-bond donors (Lipinski definition) is 0. The fraction of sp³-hybridized carbons (Fsp3) is 0.217. The van der Waals surface area contributed by atoms with Gasteiger partial charge in [0.05, 0.1) is 17.7 Å². The summed E-state index contributed by atoms with van der Waals surface area (Å²) in [6, 6.07) is 14.3. The van der Waals surface area contributed by atoms with Crippen LogP contribution in [-0.4, -0.2) is 44.8 Å². The molecule has 0 saturated heterocycles. The van der Waals surface area contributed by atoms with Gasteiger partial charge in [-0.3, -0.25) is 9.59 Å². The third kappa shape index (κ3) is 3.82. The number of aromatic nitrogens is 2. The fourth-order valence-electron chi connectivity index (χ4n) is 3.86. The Balaban J connectivity index is 1.37. The summed E-state index contributed by atoms with van der Waals surface area (Å²) in [4.78, 5) is 35.0. The zero-order valence-corrected chi connectivity index (χ0v) is 18.1. The minimum Gasteiger partial charge on any atom is -0.459 e. The van der Waals surface area contributed by atoms with Crippen LogP contribution in [-0.2, 0) is 24.3 Å². The van der Waals surface area contributed by atoms with Crippen molar-refractivity contribution in [2.45, 2.75) is 25.6 Å². The predicted octanol–water partition coefficient (Wildman–Crippen LogP) is 3.62. The molecular formula is C23H20N4O4S. The van der Waals surface area contributed by atoms with E-state index in [1.54, 1.807) is 24.1 Å². The maximum Gasteiger partial charge on any atom is 0.290 e. The van der Waals surface area contributed by atoms with Crippen LogP contribution in [0.5, 0.6) is 0 Å². The van der Waals surface area contributed by atoms with Gasteiger partial charge in [-0.1, -0.05) is 35.5 Å². The summed E-state index contributed by atoms with van der Waals surface area (Å²) in [5.41, 5.74) is 2.08. The number of amides is 2. The standard InChI is InChI=1S/C23H20N4O4S/c1-26(14-20-24-21(25-31-20)19-9-5-11-32-19)22(28)17-12-15-6-2-3-7-16(15)13-27(17)23(29)18-8-4-10-30-18/h2-11,17H,12-14H2,1H3. The monoisotopic (exact) mass is 448 g/mol. The minimum absolute atomic E-state index is 0.151. The number of furan rings is 1. The molecule has 5 rings (SSSR count). The number of thiophene rings is 1. The van der Waals surface area contributed by atoms with Crippen molar-refractivity contribution in [3.05, 3.63) is 83.0 Å². The highest BCUT2D eigenvalue weighted by Crippen LogP contribution is 2.27. The molecule has 4 aromatic rings. The molecule has 0 spiro atoms. The van der Waals surface area contributed by atoms with Crippen molar-refractivity contribution in [2.75, 3.05) is 7.05 Å². The summed E-state index contributed by atoms with van der Waals surface area (Å²) in [5.74, 6) is 0.535. The number of benzene rings is 1. The second-order valence-electron chi connectivity index (χ2n) is 7.58. The van der Waals surface area contributed by atoms with E-state index in [4.69, 9.17) is 8.94 Å². The van der Waals surface area contributed by atoms with Gasteiger partial charge in [-0.05, 0) is 34.7 Å². The Morgan fingerprint density at radius 3 is 2.75 bits per heavy atom. The van der Waals surface area contributed by atoms with Crippen LogP contribution in [0.4, 0.5) is 0 Å². The Morgan fingerprint density at radius 2 is 2.00 bits per heavy atom. The Hall–Kier alpha value is -3.72. The minimum atomic E-state index is -0.660. The van der Waals surface area contributed by atoms with Gasteiger partial charge in [-0.2, -0.15) is 4.98 Å². The zero-order valence-electron chi connectivity index (χ0n) is 17.3. The molecule has 0 aliphatic carbocycles. The maximum atomic E-state index is 13.4. The first-order valence-electron chi connectivity index (χ1n) is 10.1. The van der Waals surface area contributed by atoms with Crippen molar-refractivity contribution < 1.29 is 18.5 Å². The van der Waals surface area contributed by atoms with Crippen LogP contribution in [0.1, 0.15) is 27.6 Å². The highest BCUT2D eigenvalue weighted by Gasteiger charge is 2.37. The van der Waals surface area contributed by atoms with Crippen LogP contribution in [0, 0.1) is 0 Å². The molecule has 1 atom stereocenters. The highest BCUT2D eigenvalue weighted by molar-refractivity contribution is 7.13. The molecule has 8 nitrogen and oxygen atoms in total. The lowest BCUT2D eigenvalue weighted by Crippen LogP contribution is -2.52. The molecule has 1 aliphatic rings. The van der Waals surface area contributed by atoms with Gasteiger partial charge in [-0.15, -0.1) is 11.3 Å². The number of fused-ring (bicyclic) bond motifs is 1. The van der Waals surface area contributed by atoms with E-state index < -0.39 is 6.04 Å². The first-order valence-corrected chi connectivity index (χ1v) is 11.0. The lowest BCUT2D eigenvalue weighted by molar-refractivity contribution is -0.136. The Labute approximate surface area is 188 Å². The van der Waals surface area contributed by atoms with E-state index in [-0.39, 0.29) is 24.1 Å². The molecule has 1 aliphatic heterocycles. The highest BCUT2D eigenvalue weighted by atomic mass is 32.1. The normalized spacial score (nSPS) is 15.4. The summed E-state index contributed by atoms with van der Waals surface area (Å²) in [6.07, 6.45) is 1.88. The lowest BCUT2D eigenvalue weighted by atomic mass is 9.93. The maximum absolute atomic E-state index is 13.4. The summed E-state index contributed by atoms with van der Waals surface area (Å²) in [5, 5.41) is 5.94. The van der Waals surface area contributed by atoms with Gasteiger partial charge in [0, 0.05) is 20.0 Å². The van der Waals surface area contributed by atoms with Gasteiger partial charge in [0.2, 0.25) is 17.6 Å². The predicted molar refractivity (Wildman–Crippen MR) is 117 cm³/mol. The van der Waals surface area contributed by atoms with Crippen molar-refractivity contribution in [3.8, 4) is 10.7 Å². The molecule has 0 N–H and O–H groups in total. The van der Waals surface area contributed by atoms with E-state index in [0.717, 1.165) is 16.0 Å². The van der Waals surface area contributed by atoms with Gasteiger partial charge in [-0.25, -0.2) is 0 Å². The number of likely N-dealkylation sites (N-methyl/N-ethyl adjacent to an activating group) is 1. The first-order chi connectivity index (χ1) is 15.6. The van der Waals surface area contributed by atoms with Crippen LogP contribution in [0.2, 0.25) is 0 Å². The number of rotatable bonds is 5. The van der Waals surface area contributed by atoms with Crippen LogP contribution in [0.15, 0.2) is 69.1 Å². The van der Waals surface area contributed by atoms with E-state index in [0.29, 0.717) is 24.7 Å². The summed E-state index contributed by atoms with van der Waals surface area (Å²) in [6.45, 7) is 0.487. The molecule has 0 fully saturated rings. The van der Waals surface area contributed by atoms with Crippen LogP contribution in [0.3, 0.4) is 0 Å². The number of carbonyl (C=O) groups excluding carboxylic acids is 2. The molecule has 162 valence electrons. The molecule has 32 heavy (non-hydrogen) atoms. The average Bonchev–Trinajstić information content (AvgIpc) is 3.59. The van der Waals surface area contributed by atoms with Gasteiger partial charge in [0.15, 0.2) is 5.76 Å². The summed E-state index contributed by atoms with van der Waals surface area (Å²) in [7, 11) is 1.67. The Kier molecular flexibility index (Phi) is 5.32. The van der Waals surface area contributed by atoms with Crippen LogP contribution < -0.4 is 0 Å². The van der Waals surface area contributed by atoms with E-state index in [2.05, 4.69) is 10.1 Å². The van der Waals surface area contributed by atoms with Gasteiger partial charge in [0.25, 0.3) is 5.91 Å². The smallest absolute Gasteiger partial charge is 0.290 e. The molecule has 3 aromatic heterocycles. The summed E-state index contributed by atoms with van der Waals surface area (Å²) >= 11 is 1.51. The molecule has 9 heteroatoms. The van der Waals surface area contributed by atoms with Crippen LogP contribution >= 0.6 is 11.3 Å². The molecule has 0 saturated carbocycles. The van der Waals surface area contributed by atoms with Crippen molar-refractivity contribution in [3.63, 3.8) is 0 Å². The second-order valence-corrected chi connectivity index (χ2v) is 8.53. The molecule has 0 bridgehead atoms. The van der Waals surface area contributed by atoms with Gasteiger partial charge < -0.3 is 18.7 Å². The van der Waals surface area contributed by atoms with Crippen molar-refractivity contribution >= 4 is 23.2 Å². The molecule has 2 amide bonds. The number of hydrogen-bond acceptors (Lipinski definition) is 7. The molecule has 0 radical (unpaired) electrons. The van der Waals surface area contributed by atoms with E-state index in [1.165, 1.54) is 22.5 Å². The second kappa shape index (κ2) is 8.43. The quantitative estimate of drug-likeness (QED) is 0.463. The Bertz CT molecular complexity index is 1230. The number of carbonyl (C=O) groups is 2. The van der Waals surface area contributed by atoms with Gasteiger partial charge in [0.1, 0.15) is 6.04 Å². The summed E-state index contributed by atoms with van der Waals surface area (Å²) < 4.78 is 10.7. The average molecular weight is 449 g/mol. The van der Waals surface area contributed by atoms with Gasteiger partial charge >= 0.3 is 0 Å². The molecular weight excluding hydrogens is 428 g/mol. The Morgan fingerprint density at radius 1 is 1.16 bits per heavy atom. The van der Waals surface area contributed by atoms with Crippen molar-refractivity contribution in [1.82, 2.24) is 19.9 Å². The third-order valence-corrected chi connectivity index (χ3v) is 6.35. The van der Waals surface area contributed by atoms with E-state index in [9.17, 15) is 9.59 Å². The molecule has 1 aromatic carbocycles. The van der Waals surface area contributed by atoms with Crippen molar-refractivity contribution in [1.29, 1.82) is 0 Å². The SMILES string of the molecule is CN(Cc1nc(-c2cccs2)no1)C(=O)C1Cc2ccccc2CN1C(=O)c1ccco1. The zero-order chi connectivity index (χ0) is 22.1. The lowest BCUT2D eigenvalue weighted by Gasteiger charge is -2.37. The van der Waals surface area contributed by atoms with E-state index in [1.807, 2.05) is 41.8 Å². The topological polar surface area (TPSA) is 92.7 Å². The number of nitrogens with zero attached hydrogens (tertiary/aromatic N) is 4. The molecule has 1 unspecified atom stereocenters. The molecule has 4 heterocycles. The van der Waals surface area contributed by atoms with E-state index >= 15 is 0 Å². The van der Waals surface area contributed by atoms with Crippen molar-refractivity contribution in [2.24, 2.45) is 0 Å². The first kappa shape index (κ1) is 20.2.